The lowest BCUT2D eigenvalue weighted by atomic mass is 9.74. The van der Waals surface area contributed by atoms with Crippen LogP contribution in [-0.4, -0.2) is 51.2 Å². The summed E-state index contributed by atoms with van der Waals surface area (Å²) in [4.78, 5) is 21.1. The topological polar surface area (TPSA) is 81.9 Å². The molecule has 1 saturated heterocycles. The Morgan fingerprint density at radius 2 is 2.04 bits per heavy atom. The first-order valence-electron chi connectivity index (χ1n) is 9.33. The highest BCUT2D eigenvalue weighted by Gasteiger charge is 2.34. The minimum Gasteiger partial charge on any atom is -0.381 e. The molecule has 1 aliphatic rings. The molecule has 0 bridgehead atoms. The number of nitrogens with one attached hydrogen (secondary N) is 1. The monoisotopic (exact) mass is 397 g/mol. The number of thioether (sulfide) groups is 1. The maximum absolute atomic E-state index is 12.5. The zero-order chi connectivity index (χ0) is 19.4. The zero-order valence-electron chi connectivity index (χ0n) is 15.8. The second-order valence-electron chi connectivity index (χ2n) is 7.01. The van der Waals surface area contributed by atoms with E-state index < -0.39 is 0 Å². The van der Waals surface area contributed by atoms with Crippen molar-refractivity contribution in [3.8, 4) is 0 Å². The number of aryl methyl sites for hydroxylation is 1. The van der Waals surface area contributed by atoms with Gasteiger partial charge in [-0.15, -0.1) is 0 Å². The van der Waals surface area contributed by atoms with E-state index in [1.165, 1.54) is 23.7 Å². The number of rotatable bonds is 6. The molecule has 3 aromatic rings. The van der Waals surface area contributed by atoms with E-state index in [0.717, 1.165) is 42.1 Å². The van der Waals surface area contributed by atoms with Gasteiger partial charge in [0.1, 0.15) is 11.4 Å². The van der Waals surface area contributed by atoms with Crippen LogP contribution in [0, 0.1) is 0 Å². The number of hydrogen-bond acceptors (Lipinski definition) is 6. The number of hydrogen-bond donors (Lipinski definition) is 1. The summed E-state index contributed by atoms with van der Waals surface area (Å²) in [6.45, 7) is 2.06. The Morgan fingerprint density at radius 1 is 1.25 bits per heavy atom. The first kappa shape index (κ1) is 18.9. The van der Waals surface area contributed by atoms with Crippen LogP contribution >= 0.6 is 11.8 Å². The first-order valence-corrected chi connectivity index (χ1v) is 10.3. The zero-order valence-corrected chi connectivity index (χ0v) is 16.6. The van der Waals surface area contributed by atoms with Crippen LogP contribution < -0.4 is 5.32 Å². The van der Waals surface area contributed by atoms with Gasteiger partial charge in [0, 0.05) is 32.2 Å². The van der Waals surface area contributed by atoms with E-state index in [0.29, 0.717) is 12.3 Å². The number of nitrogens with zero attached hydrogens (tertiary/aromatic N) is 4. The number of carbonyl (C=O) groups excluding carboxylic acids is 1. The van der Waals surface area contributed by atoms with Crippen LogP contribution in [0.2, 0.25) is 0 Å². The van der Waals surface area contributed by atoms with E-state index in [2.05, 4.69) is 44.6 Å². The molecule has 7 nitrogen and oxygen atoms in total. The number of amides is 1. The molecule has 0 unspecified atom stereocenters. The lowest BCUT2D eigenvalue weighted by molar-refractivity contribution is -0.119. The smallest absolute Gasteiger partial charge is 0.230 e. The van der Waals surface area contributed by atoms with E-state index in [-0.39, 0.29) is 11.3 Å². The Bertz CT molecular complexity index is 954. The van der Waals surface area contributed by atoms with Gasteiger partial charge in [0.25, 0.3) is 0 Å². The van der Waals surface area contributed by atoms with Crippen molar-refractivity contribution in [3.63, 3.8) is 0 Å². The highest BCUT2D eigenvalue weighted by molar-refractivity contribution is 8.00. The number of aromatic nitrogens is 4. The summed E-state index contributed by atoms with van der Waals surface area (Å²) in [7, 11) is 1.84. The largest absolute Gasteiger partial charge is 0.381 e. The maximum atomic E-state index is 12.5. The predicted molar refractivity (Wildman–Crippen MR) is 108 cm³/mol. The van der Waals surface area contributed by atoms with E-state index in [1.54, 1.807) is 10.9 Å². The van der Waals surface area contributed by atoms with E-state index in [4.69, 9.17) is 4.74 Å². The van der Waals surface area contributed by atoms with E-state index in [9.17, 15) is 4.79 Å². The fraction of sp³-hybridized carbons (Fsp3) is 0.400. The third-order valence-corrected chi connectivity index (χ3v) is 6.30. The third kappa shape index (κ3) is 3.88. The molecule has 28 heavy (non-hydrogen) atoms. The molecule has 3 heterocycles. The SMILES string of the molecule is Cn1ncc2c(SCC(=O)NCC3(c4ccccc4)CCOCC3)ncnc21. The van der Waals surface area contributed by atoms with Crippen LogP contribution in [-0.2, 0) is 22.0 Å². The molecule has 1 N–H and O–H groups in total. The highest BCUT2D eigenvalue weighted by Crippen LogP contribution is 2.34. The molecule has 0 atom stereocenters. The molecular weight excluding hydrogens is 374 g/mol. The van der Waals surface area contributed by atoms with Crippen molar-refractivity contribution in [2.24, 2.45) is 7.05 Å². The molecule has 1 aliphatic heterocycles. The molecular formula is C20H23N5O2S. The molecule has 0 aliphatic carbocycles. The summed E-state index contributed by atoms with van der Waals surface area (Å²) < 4.78 is 7.27. The number of carbonyl (C=O) groups is 1. The van der Waals surface area contributed by atoms with Crippen molar-refractivity contribution in [3.05, 3.63) is 48.4 Å². The Morgan fingerprint density at radius 3 is 2.82 bits per heavy atom. The van der Waals surface area contributed by atoms with Gasteiger partial charge in [0.05, 0.1) is 17.3 Å². The molecule has 1 amide bonds. The van der Waals surface area contributed by atoms with Crippen molar-refractivity contribution in [1.82, 2.24) is 25.1 Å². The van der Waals surface area contributed by atoms with Crippen LogP contribution in [0.25, 0.3) is 11.0 Å². The number of benzene rings is 1. The Labute approximate surface area is 167 Å². The predicted octanol–water partition coefficient (Wildman–Crippen LogP) is 2.32. The van der Waals surface area contributed by atoms with Crippen molar-refractivity contribution >= 4 is 28.7 Å². The lowest BCUT2D eigenvalue weighted by Crippen LogP contribution is -2.45. The van der Waals surface area contributed by atoms with E-state index in [1.807, 2.05) is 13.1 Å². The fourth-order valence-corrected chi connectivity index (χ4v) is 4.42. The molecule has 0 saturated carbocycles. The minimum absolute atomic E-state index is 0.00227. The van der Waals surface area contributed by atoms with Gasteiger partial charge in [0.15, 0.2) is 5.65 Å². The van der Waals surface area contributed by atoms with Crippen LogP contribution in [0.1, 0.15) is 18.4 Å². The van der Waals surface area contributed by atoms with Crippen molar-refractivity contribution in [1.29, 1.82) is 0 Å². The second kappa shape index (κ2) is 8.28. The average molecular weight is 398 g/mol. The van der Waals surface area contributed by atoms with E-state index >= 15 is 0 Å². The second-order valence-corrected chi connectivity index (χ2v) is 7.97. The van der Waals surface area contributed by atoms with Crippen molar-refractivity contribution < 1.29 is 9.53 Å². The van der Waals surface area contributed by atoms with Gasteiger partial charge in [-0.2, -0.15) is 5.10 Å². The molecule has 0 spiro atoms. The first-order chi connectivity index (χ1) is 13.7. The van der Waals surface area contributed by atoms with Crippen molar-refractivity contribution in [2.45, 2.75) is 23.3 Å². The fourth-order valence-electron chi connectivity index (χ4n) is 3.63. The van der Waals surface area contributed by atoms with Gasteiger partial charge in [-0.25, -0.2) is 9.97 Å². The molecule has 1 aromatic carbocycles. The molecule has 2 aromatic heterocycles. The minimum atomic E-state index is -0.0641. The normalized spacial score (nSPS) is 16.2. The Hall–Kier alpha value is -2.45. The van der Waals surface area contributed by atoms with Crippen LogP contribution in [0.5, 0.6) is 0 Å². The molecule has 4 rings (SSSR count). The van der Waals surface area contributed by atoms with Gasteiger partial charge in [-0.3, -0.25) is 9.48 Å². The molecule has 1 fully saturated rings. The van der Waals surface area contributed by atoms with Crippen LogP contribution in [0.4, 0.5) is 0 Å². The number of ether oxygens (including phenoxy) is 1. The summed E-state index contributed by atoms with van der Waals surface area (Å²) in [6, 6.07) is 10.4. The molecule has 8 heteroatoms. The van der Waals surface area contributed by atoms with Gasteiger partial charge in [0.2, 0.25) is 5.91 Å². The van der Waals surface area contributed by atoms with Gasteiger partial charge >= 0.3 is 0 Å². The summed E-state index contributed by atoms with van der Waals surface area (Å²) in [5, 5.41) is 8.99. The van der Waals surface area contributed by atoms with Crippen LogP contribution in [0.3, 0.4) is 0 Å². The summed E-state index contributed by atoms with van der Waals surface area (Å²) in [5.74, 6) is 0.310. The molecule has 0 radical (unpaired) electrons. The van der Waals surface area contributed by atoms with Crippen LogP contribution in [0.15, 0.2) is 47.9 Å². The standard InChI is InChI=1S/C20H23N5O2S/c1-25-18-16(11-24-25)19(23-14-22-18)28-12-17(26)21-13-20(7-9-27-10-8-20)15-5-3-2-4-6-15/h2-6,11,14H,7-10,12-13H2,1H3,(H,21,26). The summed E-state index contributed by atoms with van der Waals surface area (Å²) in [6.07, 6.45) is 5.07. The van der Waals surface area contributed by atoms with Crippen molar-refractivity contribution in [2.75, 3.05) is 25.5 Å². The highest BCUT2D eigenvalue weighted by atomic mass is 32.2. The Kier molecular flexibility index (Phi) is 5.59. The molecule has 146 valence electrons. The Balaban J connectivity index is 1.40. The summed E-state index contributed by atoms with van der Waals surface area (Å²) >= 11 is 1.41. The quantitative estimate of drug-likeness (QED) is 0.508. The maximum Gasteiger partial charge on any atom is 0.230 e. The average Bonchev–Trinajstić information content (AvgIpc) is 3.13. The van der Waals surface area contributed by atoms with Gasteiger partial charge in [-0.1, -0.05) is 42.1 Å². The lowest BCUT2D eigenvalue weighted by Gasteiger charge is -2.38. The van der Waals surface area contributed by atoms with Gasteiger partial charge in [-0.05, 0) is 18.4 Å². The van der Waals surface area contributed by atoms with Gasteiger partial charge < -0.3 is 10.1 Å². The number of fused-ring (bicyclic) bond motifs is 1. The third-order valence-electron chi connectivity index (χ3n) is 5.29. The summed E-state index contributed by atoms with van der Waals surface area (Å²) in [5.41, 5.74) is 1.97.